The van der Waals surface area contributed by atoms with E-state index in [1.54, 1.807) is 16.8 Å². The standard InChI is InChI=1S/C11H16N4O3/c1-18-9(5-16)8(17)4-15-3-2-7-10(12)13-6-14-11(7)15/h2-3,6,8-9,16-17H,4-5H2,1H3,(H2,12,13,14)/t8-,9+/m0/s1. The lowest BCUT2D eigenvalue weighted by atomic mass is 10.2. The Morgan fingerprint density at radius 3 is 2.94 bits per heavy atom. The number of aliphatic hydroxyl groups is 2. The Hall–Kier alpha value is -1.70. The van der Waals surface area contributed by atoms with E-state index in [4.69, 9.17) is 15.6 Å². The zero-order chi connectivity index (χ0) is 13.1. The SMILES string of the molecule is CO[C@H](CO)[C@@H](O)Cn1ccc2c(N)ncnc21. The number of hydrogen-bond acceptors (Lipinski definition) is 6. The van der Waals surface area contributed by atoms with Gasteiger partial charge in [0.2, 0.25) is 0 Å². The van der Waals surface area contributed by atoms with E-state index < -0.39 is 12.2 Å². The summed E-state index contributed by atoms with van der Waals surface area (Å²) in [6.45, 7) is 0.0208. The molecular weight excluding hydrogens is 236 g/mol. The Kier molecular flexibility index (Phi) is 3.75. The monoisotopic (exact) mass is 252 g/mol. The van der Waals surface area contributed by atoms with Gasteiger partial charge in [-0.25, -0.2) is 9.97 Å². The summed E-state index contributed by atoms with van der Waals surface area (Å²) >= 11 is 0. The van der Waals surface area contributed by atoms with Crippen LogP contribution in [0.1, 0.15) is 0 Å². The minimum atomic E-state index is -0.827. The third-order valence-corrected chi connectivity index (χ3v) is 2.88. The molecule has 0 aromatic carbocycles. The van der Waals surface area contributed by atoms with Crippen molar-refractivity contribution >= 4 is 16.9 Å². The van der Waals surface area contributed by atoms with Crippen molar-refractivity contribution in [3.05, 3.63) is 18.6 Å². The van der Waals surface area contributed by atoms with E-state index in [1.807, 2.05) is 0 Å². The van der Waals surface area contributed by atoms with Crippen LogP contribution in [0.2, 0.25) is 0 Å². The van der Waals surface area contributed by atoms with Crippen molar-refractivity contribution in [1.82, 2.24) is 14.5 Å². The molecule has 0 amide bonds. The van der Waals surface area contributed by atoms with Crippen LogP contribution in [0.25, 0.3) is 11.0 Å². The first-order valence-corrected chi connectivity index (χ1v) is 5.54. The molecule has 2 heterocycles. The Balaban J connectivity index is 2.24. The van der Waals surface area contributed by atoms with Crippen molar-refractivity contribution in [3.63, 3.8) is 0 Å². The number of fused-ring (bicyclic) bond motifs is 1. The predicted octanol–water partition coefficient (Wildman–Crippen LogP) is -0.618. The number of rotatable bonds is 5. The van der Waals surface area contributed by atoms with Crippen LogP contribution in [-0.2, 0) is 11.3 Å². The zero-order valence-electron chi connectivity index (χ0n) is 10.0. The van der Waals surface area contributed by atoms with Crippen LogP contribution in [0, 0.1) is 0 Å². The fourth-order valence-electron chi connectivity index (χ4n) is 1.84. The number of anilines is 1. The highest BCUT2D eigenvalue weighted by Crippen LogP contribution is 2.18. The maximum atomic E-state index is 9.93. The molecule has 7 nitrogen and oxygen atoms in total. The van der Waals surface area contributed by atoms with Crippen LogP contribution < -0.4 is 5.73 Å². The highest BCUT2D eigenvalue weighted by molar-refractivity contribution is 5.85. The number of aromatic nitrogens is 3. The summed E-state index contributed by atoms with van der Waals surface area (Å²) in [6, 6.07) is 1.79. The summed E-state index contributed by atoms with van der Waals surface area (Å²) in [5.74, 6) is 0.402. The molecule has 0 unspecified atom stereocenters. The van der Waals surface area contributed by atoms with Crippen molar-refractivity contribution in [2.75, 3.05) is 19.5 Å². The second kappa shape index (κ2) is 5.30. The van der Waals surface area contributed by atoms with Crippen molar-refractivity contribution < 1.29 is 14.9 Å². The summed E-state index contributed by atoms with van der Waals surface area (Å²) in [5, 5.41) is 19.7. The third kappa shape index (κ3) is 2.28. The van der Waals surface area contributed by atoms with Gasteiger partial charge < -0.3 is 25.3 Å². The molecule has 0 bridgehead atoms. The first-order valence-electron chi connectivity index (χ1n) is 5.54. The molecule has 0 saturated carbocycles. The minimum Gasteiger partial charge on any atom is -0.394 e. The lowest BCUT2D eigenvalue weighted by Crippen LogP contribution is -2.34. The van der Waals surface area contributed by atoms with Gasteiger partial charge in [0.25, 0.3) is 0 Å². The Labute approximate surface area is 104 Å². The summed E-state index contributed by atoms with van der Waals surface area (Å²) in [7, 11) is 1.44. The van der Waals surface area contributed by atoms with Crippen LogP contribution in [-0.4, -0.2) is 50.7 Å². The number of aliphatic hydroxyl groups excluding tert-OH is 2. The fourth-order valence-corrected chi connectivity index (χ4v) is 1.84. The van der Waals surface area contributed by atoms with E-state index in [0.29, 0.717) is 11.5 Å². The molecule has 0 saturated heterocycles. The van der Waals surface area contributed by atoms with Gasteiger partial charge in [0.05, 0.1) is 18.5 Å². The Morgan fingerprint density at radius 2 is 2.28 bits per heavy atom. The Morgan fingerprint density at radius 1 is 1.50 bits per heavy atom. The summed E-state index contributed by atoms with van der Waals surface area (Å²) in [6.07, 6.45) is 1.69. The molecule has 18 heavy (non-hydrogen) atoms. The zero-order valence-corrected chi connectivity index (χ0v) is 10.0. The highest BCUT2D eigenvalue weighted by atomic mass is 16.5. The molecule has 0 radical (unpaired) electrons. The van der Waals surface area contributed by atoms with Crippen molar-refractivity contribution in [3.8, 4) is 0 Å². The smallest absolute Gasteiger partial charge is 0.145 e. The number of hydrogen-bond donors (Lipinski definition) is 3. The van der Waals surface area contributed by atoms with E-state index in [-0.39, 0.29) is 13.2 Å². The van der Waals surface area contributed by atoms with E-state index in [9.17, 15) is 5.11 Å². The second-order valence-electron chi connectivity index (χ2n) is 3.99. The quantitative estimate of drug-likeness (QED) is 0.655. The first kappa shape index (κ1) is 12.7. The largest absolute Gasteiger partial charge is 0.394 e. The normalized spacial score (nSPS) is 14.8. The molecular formula is C11H16N4O3. The molecule has 98 valence electrons. The van der Waals surface area contributed by atoms with Crippen LogP contribution in [0.4, 0.5) is 5.82 Å². The van der Waals surface area contributed by atoms with Gasteiger partial charge in [0.15, 0.2) is 0 Å². The van der Waals surface area contributed by atoms with Crippen molar-refractivity contribution in [2.24, 2.45) is 0 Å². The number of nitrogen functional groups attached to an aromatic ring is 1. The molecule has 2 aromatic rings. The maximum absolute atomic E-state index is 9.93. The van der Waals surface area contributed by atoms with Gasteiger partial charge in [-0.1, -0.05) is 0 Å². The number of methoxy groups -OCH3 is 1. The highest BCUT2D eigenvalue weighted by Gasteiger charge is 2.19. The predicted molar refractivity (Wildman–Crippen MR) is 65.8 cm³/mol. The second-order valence-corrected chi connectivity index (χ2v) is 3.99. The van der Waals surface area contributed by atoms with E-state index in [0.717, 1.165) is 5.39 Å². The molecule has 0 aliphatic heterocycles. The maximum Gasteiger partial charge on any atom is 0.145 e. The van der Waals surface area contributed by atoms with E-state index in [2.05, 4.69) is 9.97 Å². The molecule has 7 heteroatoms. The van der Waals surface area contributed by atoms with E-state index >= 15 is 0 Å². The van der Waals surface area contributed by atoms with Gasteiger partial charge >= 0.3 is 0 Å². The average Bonchev–Trinajstić information content (AvgIpc) is 2.76. The molecule has 2 rings (SSSR count). The van der Waals surface area contributed by atoms with Gasteiger partial charge in [-0.05, 0) is 6.07 Å². The van der Waals surface area contributed by atoms with Gasteiger partial charge in [-0.15, -0.1) is 0 Å². The van der Waals surface area contributed by atoms with Gasteiger partial charge in [-0.3, -0.25) is 0 Å². The van der Waals surface area contributed by atoms with Crippen LogP contribution in [0.15, 0.2) is 18.6 Å². The lowest BCUT2D eigenvalue weighted by molar-refractivity contribution is -0.0466. The lowest BCUT2D eigenvalue weighted by Gasteiger charge is -2.20. The molecule has 0 aliphatic carbocycles. The van der Waals surface area contributed by atoms with E-state index in [1.165, 1.54) is 13.4 Å². The summed E-state index contributed by atoms with van der Waals surface area (Å²) in [4.78, 5) is 8.02. The molecule has 0 spiro atoms. The topological polar surface area (TPSA) is 106 Å². The third-order valence-electron chi connectivity index (χ3n) is 2.88. The van der Waals surface area contributed by atoms with Crippen LogP contribution in [0.5, 0.6) is 0 Å². The number of nitrogens with zero attached hydrogens (tertiary/aromatic N) is 3. The summed E-state index contributed by atoms with van der Waals surface area (Å²) < 4.78 is 6.72. The summed E-state index contributed by atoms with van der Waals surface area (Å²) in [5.41, 5.74) is 6.37. The van der Waals surface area contributed by atoms with Crippen LogP contribution in [0.3, 0.4) is 0 Å². The molecule has 2 aromatic heterocycles. The van der Waals surface area contributed by atoms with Gasteiger partial charge in [0, 0.05) is 13.3 Å². The molecule has 4 N–H and O–H groups in total. The number of nitrogens with two attached hydrogens (primary N) is 1. The average molecular weight is 252 g/mol. The van der Waals surface area contributed by atoms with Crippen LogP contribution >= 0.6 is 0 Å². The molecule has 0 fully saturated rings. The molecule has 0 aliphatic rings. The van der Waals surface area contributed by atoms with Gasteiger partial charge in [0.1, 0.15) is 30.0 Å². The van der Waals surface area contributed by atoms with Gasteiger partial charge in [-0.2, -0.15) is 0 Å². The minimum absolute atomic E-state index is 0.242. The van der Waals surface area contributed by atoms with Crippen molar-refractivity contribution in [2.45, 2.75) is 18.8 Å². The first-order chi connectivity index (χ1) is 8.67. The Bertz CT molecular complexity index is 524. The number of ether oxygens (including phenoxy) is 1. The fraction of sp³-hybridized carbons (Fsp3) is 0.455. The molecule has 2 atom stereocenters. The van der Waals surface area contributed by atoms with Crippen molar-refractivity contribution in [1.29, 1.82) is 0 Å².